The summed E-state index contributed by atoms with van der Waals surface area (Å²) in [5.41, 5.74) is 1.71. The third kappa shape index (κ3) is 4.49. The number of nitrogens with zero attached hydrogens (tertiary/aromatic N) is 2. The fourth-order valence-electron chi connectivity index (χ4n) is 5.34. The van der Waals surface area contributed by atoms with Gasteiger partial charge < -0.3 is 18.9 Å². The lowest BCUT2D eigenvalue weighted by Crippen LogP contribution is -2.59. The van der Waals surface area contributed by atoms with Gasteiger partial charge in [-0.25, -0.2) is 13.1 Å². The Labute approximate surface area is 187 Å². The highest BCUT2D eigenvalue weighted by atomic mass is 32.2. The van der Waals surface area contributed by atoms with Crippen molar-refractivity contribution < 1.29 is 27.2 Å². The van der Waals surface area contributed by atoms with Crippen molar-refractivity contribution in [2.45, 2.75) is 62.6 Å². The highest BCUT2D eigenvalue weighted by molar-refractivity contribution is 7.88. The lowest BCUT2D eigenvalue weighted by Gasteiger charge is -2.41. The van der Waals surface area contributed by atoms with E-state index in [1.165, 1.54) is 0 Å². The molecule has 1 saturated carbocycles. The molecule has 32 heavy (non-hydrogen) atoms. The van der Waals surface area contributed by atoms with Crippen molar-refractivity contribution in [1.82, 2.24) is 14.8 Å². The maximum absolute atomic E-state index is 13.2. The summed E-state index contributed by atoms with van der Waals surface area (Å²) in [7, 11) is -3.41. The summed E-state index contributed by atoms with van der Waals surface area (Å²) in [5.74, 6) is 0.807. The zero-order valence-electron chi connectivity index (χ0n) is 18.2. The second-order valence-corrected chi connectivity index (χ2v) is 10.9. The van der Waals surface area contributed by atoms with Crippen LogP contribution in [-0.2, 0) is 19.6 Å². The number of fused-ring (bicyclic) bond motifs is 6. The maximum atomic E-state index is 13.2. The van der Waals surface area contributed by atoms with Crippen molar-refractivity contribution in [3.8, 4) is 5.75 Å². The van der Waals surface area contributed by atoms with Gasteiger partial charge in [-0.15, -0.1) is 0 Å². The Kier molecular flexibility index (Phi) is 5.85. The van der Waals surface area contributed by atoms with Gasteiger partial charge in [-0.05, 0) is 56.1 Å². The Morgan fingerprint density at radius 2 is 1.97 bits per heavy atom. The van der Waals surface area contributed by atoms with Crippen molar-refractivity contribution >= 4 is 26.9 Å². The molecule has 4 aliphatic rings. The van der Waals surface area contributed by atoms with Crippen LogP contribution >= 0.6 is 0 Å². The molecule has 10 heteroatoms. The standard InChI is InChI=1S/C22H29N3O6S/c1-32(27,28)24-18-3-2-8-25-19(18)12-29-16-6-4-14(5-7-16)17-9-15-11-23-31-20(15)10-21(17)30-13-22(25)26/h9-11,14,16,18-19,24H,2-8,12-13H2,1H3/t14?,16?,18-,19?/m0/s1. The first-order valence-corrected chi connectivity index (χ1v) is 13.2. The highest BCUT2D eigenvalue weighted by Gasteiger charge is 2.37. The number of carbonyl (C=O) groups excluding carboxylic acids is 1. The molecule has 1 aromatic carbocycles. The summed E-state index contributed by atoms with van der Waals surface area (Å²) >= 11 is 0. The molecule has 1 unspecified atom stereocenters. The summed E-state index contributed by atoms with van der Waals surface area (Å²) in [6, 6.07) is 3.16. The molecule has 174 valence electrons. The molecular weight excluding hydrogens is 434 g/mol. The molecule has 1 amide bonds. The minimum absolute atomic E-state index is 0.105. The van der Waals surface area contributed by atoms with Gasteiger partial charge in [0, 0.05) is 24.0 Å². The van der Waals surface area contributed by atoms with E-state index in [9.17, 15) is 13.2 Å². The van der Waals surface area contributed by atoms with Crippen LogP contribution in [0.3, 0.4) is 0 Å². The number of rotatable bonds is 2. The predicted molar refractivity (Wildman–Crippen MR) is 117 cm³/mol. The van der Waals surface area contributed by atoms with Crippen LogP contribution in [0.1, 0.15) is 50.0 Å². The van der Waals surface area contributed by atoms with Crippen LogP contribution in [0.25, 0.3) is 11.0 Å². The molecule has 2 aromatic rings. The van der Waals surface area contributed by atoms with E-state index in [-0.39, 0.29) is 30.7 Å². The second kappa shape index (κ2) is 8.64. The Bertz CT molecular complexity index is 1090. The van der Waals surface area contributed by atoms with Gasteiger partial charge in [-0.2, -0.15) is 0 Å². The molecule has 2 fully saturated rings. The van der Waals surface area contributed by atoms with Gasteiger partial charge in [-0.1, -0.05) is 5.16 Å². The van der Waals surface area contributed by atoms with Crippen molar-refractivity contribution in [1.29, 1.82) is 0 Å². The number of hydrogen-bond donors (Lipinski definition) is 1. The lowest BCUT2D eigenvalue weighted by atomic mass is 9.82. The number of piperidine rings is 1. The van der Waals surface area contributed by atoms with Gasteiger partial charge in [0.15, 0.2) is 12.2 Å². The predicted octanol–water partition coefficient (Wildman–Crippen LogP) is 2.17. The number of hydrogen-bond acceptors (Lipinski definition) is 7. The third-order valence-corrected chi connectivity index (χ3v) is 7.65. The molecule has 3 aliphatic heterocycles. The molecule has 1 N–H and O–H groups in total. The number of carbonyl (C=O) groups is 1. The zero-order chi connectivity index (χ0) is 22.3. The first-order valence-electron chi connectivity index (χ1n) is 11.3. The number of nitrogens with one attached hydrogen (secondary N) is 1. The number of aromatic nitrogens is 1. The van der Waals surface area contributed by atoms with E-state index in [1.807, 2.05) is 6.07 Å². The van der Waals surface area contributed by atoms with Gasteiger partial charge in [0.25, 0.3) is 5.91 Å². The number of benzene rings is 1. The van der Waals surface area contributed by atoms with Crippen molar-refractivity contribution in [2.24, 2.45) is 0 Å². The fraction of sp³-hybridized carbons (Fsp3) is 0.636. The molecule has 1 saturated heterocycles. The average Bonchev–Trinajstić information content (AvgIpc) is 3.22. The van der Waals surface area contributed by atoms with E-state index in [4.69, 9.17) is 14.0 Å². The topological polar surface area (TPSA) is 111 Å². The van der Waals surface area contributed by atoms with E-state index in [1.54, 1.807) is 11.1 Å². The van der Waals surface area contributed by atoms with Crippen molar-refractivity contribution in [2.75, 3.05) is 26.0 Å². The summed E-state index contributed by atoms with van der Waals surface area (Å²) < 4.78 is 44.2. The van der Waals surface area contributed by atoms with Crippen LogP contribution in [-0.4, -0.2) is 68.6 Å². The molecular formula is C22H29N3O6S. The van der Waals surface area contributed by atoms with Gasteiger partial charge >= 0.3 is 0 Å². The highest BCUT2D eigenvalue weighted by Crippen LogP contribution is 2.40. The van der Waals surface area contributed by atoms with E-state index in [2.05, 4.69) is 15.9 Å². The molecule has 1 aromatic heterocycles. The van der Waals surface area contributed by atoms with E-state index in [0.29, 0.717) is 36.8 Å². The molecule has 2 bridgehead atoms. The third-order valence-electron chi connectivity index (χ3n) is 6.92. The minimum Gasteiger partial charge on any atom is -0.483 e. The van der Waals surface area contributed by atoms with Crippen LogP contribution in [0, 0.1) is 0 Å². The number of ether oxygens (including phenoxy) is 2. The summed E-state index contributed by atoms with van der Waals surface area (Å²) in [6.07, 6.45) is 8.10. The SMILES string of the molecule is CS(=O)(=O)N[C@H]1CCCN2C(=O)COc3cc4oncc4cc3C3CCC(CC3)OCC12. The van der Waals surface area contributed by atoms with Gasteiger partial charge in [0.2, 0.25) is 10.0 Å². The van der Waals surface area contributed by atoms with Gasteiger partial charge in [-0.3, -0.25) is 4.79 Å². The molecule has 9 nitrogen and oxygen atoms in total. The molecule has 1 aliphatic carbocycles. The van der Waals surface area contributed by atoms with E-state index < -0.39 is 10.0 Å². The van der Waals surface area contributed by atoms with E-state index in [0.717, 1.165) is 49.3 Å². The van der Waals surface area contributed by atoms with Crippen molar-refractivity contribution in [3.05, 3.63) is 23.9 Å². The van der Waals surface area contributed by atoms with Gasteiger partial charge in [0.05, 0.1) is 31.2 Å². The summed E-state index contributed by atoms with van der Waals surface area (Å²) in [5, 5.41) is 4.81. The summed E-state index contributed by atoms with van der Waals surface area (Å²) in [4.78, 5) is 14.9. The van der Waals surface area contributed by atoms with Crippen LogP contribution in [0.15, 0.2) is 22.9 Å². The second-order valence-electron chi connectivity index (χ2n) is 9.14. The summed E-state index contributed by atoms with van der Waals surface area (Å²) in [6.45, 7) is 0.754. The largest absolute Gasteiger partial charge is 0.483 e. The molecule has 4 heterocycles. The van der Waals surface area contributed by atoms with Gasteiger partial charge in [0.1, 0.15) is 5.75 Å². The van der Waals surface area contributed by atoms with Crippen LogP contribution < -0.4 is 9.46 Å². The molecule has 0 spiro atoms. The average molecular weight is 464 g/mol. The Morgan fingerprint density at radius 1 is 1.16 bits per heavy atom. The Balaban J connectivity index is 1.47. The molecule has 0 radical (unpaired) electrons. The quantitative estimate of drug-likeness (QED) is 0.727. The lowest BCUT2D eigenvalue weighted by molar-refractivity contribution is -0.140. The Morgan fingerprint density at radius 3 is 2.75 bits per heavy atom. The van der Waals surface area contributed by atoms with Crippen LogP contribution in [0.4, 0.5) is 0 Å². The molecule has 6 rings (SSSR count). The van der Waals surface area contributed by atoms with Crippen LogP contribution in [0.2, 0.25) is 0 Å². The zero-order valence-corrected chi connectivity index (χ0v) is 19.0. The van der Waals surface area contributed by atoms with Crippen molar-refractivity contribution in [3.63, 3.8) is 0 Å². The monoisotopic (exact) mass is 463 g/mol. The van der Waals surface area contributed by atoms with Crippen LogP contribution in [0.5, 0.6) is 5.75 Å². The number of amides is 1. The first-order chi connectivity index (χ1) is 15.4. The Hall–Kier alpha value is -2.17. The fourth-order valence-corrected chi connectivity index (χ4v) is 6.17. The smallest absolute Gasteiger partial charge is 0.260 e. The molecule has 2 atom stereocenters. The maximum Gasteiger partial charge on any atom is 0.260 e. The minimum atomic E-state index is -3.41. The normalized spacial score (nSPS) is 29.4. The number of sulfonamides is 1. The van der Waals surface area contributed by atoms with E-state index >= 15 is 0 Å². The first kappa shape index (κ1) is 21.7.